The van der Waals surface area contributed by atoms with E-state index in [1.54, 1.807) is 18.3 Å². The molecule has 0 aliphatic rings. The van der Waals surface area contributed by atoms with Crippen LogP contribution < -0.4 is 14.9 Å². The van der Waals surface area contributed by atoms with Crippen molar-refractivity contribution in [1.29, 1.82) is 0 Å². The highest BCUT2D eigenvalue weighted by molar-refractivity contribution is 9.10. The largest absolute Gasteiger partial charge is 0.490 e. The first-order chi connectivity index (χ1) is 15.0. The zero-order chi connectivity index (χ0) is 22.2. The number of hydrogen-bond acceptors (Lipinski definition) is 4. The summed E-state index contributed by atoms with van der Waals surface area (Å²) in [5.41, 5.74) is 6.95. The van der Waals surface area contributed by atoms with Gasteiger partial charge < -0.3 is 14.9 Å². The Morgan fingerprint density at radius 2 is 1.74 bits per heavy atom. The van der Waals surface area contributed by atoms with Crippen LogP contribution in [0.15, 0.2) is 64.2 Å². The van der Waals surface area contributed by atoms with Gasteiger partial charge in [0.05, 0.1) is 23.8 Å². The fourth-order valence-corrected chi connectivity index (χ4v) is 3.96. The summed E-state index contributed by atoms with van der Waals surface area (Å²) in [7, 11) is 0. The van der Waals surface area contributed by atoms with Crippen LogP contribution in [0.1, 0.15) is 29.2 Å². The van der Waals surface area contributed by atoms with Gasteiger partial charge in [0, 0.05) is 15.6 Å². The lowest BCUT2D eigenvalue weighted by atomic mass is 10.1. The van der Waals surface area contributed by atoms with Crippen molar-refractivity contribution in [3.05, 3.63) is 91.4 Å². The van der Waals surface area contributed by atoms with Crippen molar-refractivity contribution in [3.63, 3.8) is 0 Å². The monoisotopic (exact) mass is 520 g/mol. The van der Waals surface area contributed by atoms with Crippen LogP contribution in [-0.4, -0.2) is 12.8 Å². The third-order valence-electron chi connectivity index (χ3n) is 4.46. The molecule has 3 aromatic rings. The Morgan fingerprint density at radius 1 is 1.03 bits per heavy atom. The zero-order valence-corrected chi connectivity index (χ0v) is 20.4. The van der Waals surface area contributed by atoms with E-state index in [-0.39, 0.29) is 0 Å². The molecule has 0 atom stereocenters. The lowest BCUT2D eigenvalue weighted by molar-refractivity contribution is 0.267. The Hall–Kier alpha value is -2.21. The molecular formula is C24H23BrCl2N2O2. The van der Waals surface area contributed by atoms with Crippen molar-refractivity contribution in [2.24, 2.45) is 5.10 Å². The number of ether oxygens (including phenoxy) is 2. The predicted octanol–water partition coefficient (Wildman–Crippen LogP) is 7.17. The van der Waals surface area contributed by atoms with E-state index in [2.05, 4.69) is 57.6 Å². The first-order valence-electron chi connectivity index (χ1n) is 9.81. The van der Waals surface area contributed by atoms with E-state index in [4.69, 9.17) is 32.7 Å². The minimum atomic E-state index is 0.423. The van der Waals surface area contributed by atoms with E-state index >= 15 is 0 Å². The minimum absolute atomic E-state index is 0.423. The van der Waals surface area contributed by atoms with Gasteiger partial charge in [0.25, 0.3) is 0 Å². The van der Waals surface area contributed by atoms with E-state index in [0.29, 0.717) is 41.3 Å². The average molecular weight is 522 g/mol. The van der Waals surface area contributed by atoms with Crippen LogP contribution in [0, 0.1) is 6.92 Å². The molecule has 0 aliphatic heterocycles. The molecule has 1 N–H and O–H groups in total. The molecule has 162 valence electrons. The molecule has 0 amide bonds. The number of rotatable bonds is 9. The van der Waals surface area contributed by atoms with Gasteiger partial charge in [-0.3, -0.25) is 0 Å². The molecule has 0 fully saturated rings. The Balaban J connectivity index is 1.70. The van der Waals surface area contributed by atoms with Crippen LogP contribution in [0.5, 0.6) is 11.5 Å². The van der Waals surface area contributed by atoms with Gasteiger partial charge in [-0.1, -0.05) is 59.1 Å². The molecule has 31 heavy (non-hydrogen) atoms. The minimum Gasteiger partial charge on any atom is -0.490 e. The standard InChI is InChI=1S/C24H23BrCl2N2O2/c1-3-30-23-12-18(13-28-29-14-19-21(26)5-4-6-22(19)27)11-20(25)24(23)31-15-17-9-7-16(2)8-10-17/h4-13,29H,3,14-15H2,1-2H3/b28-13+. The molecular weight excluding hydrogens is 499 g/mol. The fraction of sp³-hybridized carbons (Fsp3) is 0.208. The van der Waals surface area contributed by atoms with Gasteiger partial charge in [-0.15, -0.1) is 0 Å². The quantitative estimate of drug-likeness (QED) is 0.240. The smallest absolute Gasteiger partial charge is 0.175 e. The number of nitrogens with zero attached hydrogens (tertiary/aromatic N) is 1. The molecule has 4 nitrogen and oxygen atoms in total. The summed E-state index contributed by atoms with van der Waals surface area (Å²) in [6, 6.07) is 17.5. The molecule has 0 aromatic heterocycles. The van der Waals surface area contributed by atoms with Crippen molar-refractivity contribution in [1.82, 2.24) is 5.43 Å². The second-order valence-corrected chi connectivity index (χ2v) is 8.50. The van der Waals surface area contributed by atoms with Crippen LogP contribution >= 0.6 is 39.1 Å². The van der Waals surface area contributed by atoms with Crippen LogP contribution in [0.3, 0.4) is 0 Å². The Labute approximate surface area is 201 Å². The van der Waals surface area contributed by atoms with Crippen LogP contribution in [-0.2, 0) is 13.2 Å². The summed E-state index contributed by atoms with van der Waals surface area (Å²) in [5, 5.41) is 5.49. The van der Waals surface area contributed by atoms with E-state index in [1.807, 2.05) is 25.1 Å². The van der Waals surface area contributed by atoms with E-state index in [0.717, 1.165) is 21.2 Å². The third-order valence-corrected chi connectivity index (χ3v) is 5.76. The van der Waals surface area contributed by atoms with Gasteiger partial charge in [0.1, 0.15) is 6.61 Å². The normalized spacial score (nSPS) is 11.0. The summed E-state index contributed by atoms with van der Waals surface area (Å²) in [6.07, 6.45) is 1.71. The Morgan fingerprint density at radius 3 is 2.42 bits per heavy atom. The number of hydrazone groups is 1. The number of benzene rings is 3. The summed E-state index contributed by atoms with van der Waals surface area (Å²) in [4.78, 5) is 0. The number of hydrogen-bond donors (Lipinski definition) is 1. The molecule has 0 aliphatic carbocycles. The van der Waals surface area contributed by atoms with Crippen molar-refractivity contribution >= 4 is 45.3 Å². The topological polar surface area (TPSA) is 42.8 Å². The van der Waals surface area contributed by atoms with Crippen LogP contribution in [0.2, 0.25) is 10.0 Å². The fourth-order valence-electron chi connectivity index (χ4n) is 2.85. The molecule has 0 unspecified atom stereocenters. The number of nitrogens with one attached hydrogen (secondary N) is 1. The van der Waals surface area contributed by atoms with Crippen molar-refractivity contribution in [2.75, 3.05) is 6.61 Å². The summed E-state index contributed by atoms with van der Waals surface area (Å²) < 4.78 is 12.6. The Kier molecular flexibility index (Phi) is 8.64. The highest BCUT2D eigenvalue weighted by Crippen LogP contribution is 2.37. The van der Waals surface area contributed by atoms with Gasteiger partial charge in [-0.05, 0) is 65.2 Å². The van der Waals surface area contributed by atoms with E-state index in [9.17, 15) is 0 Å². The molecule has 0 saturated carbocycles. The van der Waals surface area contributed by atoms with Crippen LogP contribution in [0.25, 0.3) is 0 Å². The average Bonchev–Trinajstić information content (AvgIpc) is 2.74. The maximum absolute atomic E-state index is 6.19. The second kappa shape index (κ2) is 11.4. The lowest BCUT2D eigenvalue weighted by Crippen LogP contribution is -2.07. The van der Waals surface area contributed by atoms with E-state index < -0.39 is 0 Å². The molecule has 0 saturated heterocycles. The maximum atomic E-state index is 6.19. The highest BCUT2D eigenvalue weighted by Gasteiger charge is 2.12. The molecule has 3 rings (SSSR count). The molecule has 7 heteroatoms. The van der Waals surface area contributed by atoms with Crippen molar-refractivity contribution in [2.45, 2.75) is 27.0 Å². The molecule has 0 bridgehead atoms. The summed E-state index contributed by atoms with van der Waals surface area (Å²) in [5.74, 6) is 1.31. The number of halogens is 3. The first kappa shape index (κ1) is 23.5. The third kappa shape index (κ3) is 6.63. The summed E-state index contributed by atoms with van der Waals surface area (Å²) >= 11 is 16.0. The lowest BCUT2D eigenvalue weighted by Gasteiger charge is -2.15. The predicted molar refractivity (Wildman–Crippen MR) is 132 cm³/mol. The van der Waals surface area contributed by atoms with Gasteiger partial charge in [0.2, 0.25) is 0 Å². The second-order valence-electron chi connectivity index (χ2n) is 6.83. The number of aryl methyl sites for hydroxylation is 1. The summed E-state index contributed by atoms with van der Waals surface area (Å²) in [6.45, 7) is 5.40. The first-order valence-corrected chi connectivity index (χ1v) is 11.4. The molecule has 3 aromatic carbocycles. The highest BCUT2D eigenvalue weighted by atomic mass is 79.9. The van der Waals surface area contributed by atoms with E-state index in [1.165, 1.54) is 5.56 Å². The van der Waals surface area contributed by atoms with Crippen molar-refractivity contribution in [3.8, 4) is 11.5 Å². The maximum Gasteiger partial charge on any atom is 0.175 e. The molecule has 0 radical (unpaired) electrons. The Bertz CT molecular complexity index is 1040. The van der Waals surface area contributed by atoms with Gasteiger partial charge in [0.15, 0.2) is 11.5 Å². The van der Waals surface area contributed by atoms with Gasteiger partial charge >= 0.3 is 0 Å². The zero-order valence-electron chi connectivity index (χ0n) is 17.3. The van der Waals surface area contributed by atoms with Crippen LogP contribution in [0.4, 0.5) is 0 Å². The van der Waals surface area contributed by atoms with Crippen molar-refractivity contribution < 1.29 is 9.47 Å². The molecule has 0 spiro atoms. The van der Waals surface area contributed by atoms with Gasteiger partial charge in [-0.2, -0.15) is 5.10 Å². The molecule has 0 heterocycles. The SMILES string of the molecule is CCOc1cc(/C=N/NCc2c(Cl)cccc2Cl)cc(Br)c1OCc1ccc(C)cc1. The van der Waals surface area contributed by atoms with Gasteiger partial charge in [-0.25, -0.2) is 0 Å².